The number of fused-ring (bicyclic) bond motifs is 5. The number of aliphatic hydroxyl groups excluding tert-OH is 1. The topological polar surface area (TPSA) is 227 Å². The number of esters is 5. The third-order valence-corrected chi connectivity index (χ3v) is 14.5. The van der Waals surface area contributed by atoms with Crippen molar-refractivity contribution in [1.82, 2.24) is 5.32 Å². The number of ether oxygens (including phenoxy) is 6. The van der Waals surface area contributed by atoms with E-state index < -0.39 is 119 Å². The van der Waals surface area contributed by atoms with Gasteiger partial charge in [-0.05, 0) is 68.7 Å². The van der Waals surface area contributed by atoms with Crippen LogP contribution in [-0.2, 0) is 52.4 Å². The van der Waals surface area contributed by atoms with E-state index in [0.717, 1.165) is 13.8 Å². The number of Topliss-reactive ketones (excluding diaryl/α,β-unsaturated/α-hetero) is 1. The van der Waals surface area contributed by atoms with Crippen molar-refractivity contribution in [3.8, 4) is 0 Å². The first-order valence-electron chi connectivity index (χ1n) is 22.5. The second-order valence-electron chi connectivity index (χ2n) is 18.7. The van der Waals surface area contributed by atoms with Gasteiger partial charge in [0.15, 0.2) is 17.5 Å². The van der Waals surface area contributed by atoms with Gasteiger partial charge in [-0.3, -0.25) is 19.2 Å². The molecule has 1 aliphatic heterocycles. The van der Waals surface area contributed by atoms with Crippen LogP contribution in [0.2, 0.25) is 0 Å². The summed E-state index contributed by atoms with van der Waals surface area (Å²) in [5.74, 6) is -7.85. The van der Waals surface area contributed by atoms with E-state index in [4.69, 9.17) is 28.4 Å². The number of nitrogens with one attached hydrogen (secondary N) is 1. The zero-order chi connectivity index (χ0) is 49.5. The first kappa shape index (κ1) is 49.4. The van der Waals surface area contributed by atoms with Crippen molar-refractivity contribution in [1.29, 1.82) is 0 Å². The van der Waals surface area contributed by atoms with Crippen LogP contribution in [0.3, 0.4) is 0 Å². The molecule has 68 heavy (non-hydrogen) atoms. The van der Waals surface area contributed by atoms with Gasteiger partial charge in [-0.1, -0.05) is 86.7 Å². The van der Waals surface area contributed by atoms with Gasteiger partial charge < -0.3 is 44.0 Å². The maximum absolute atomic E-state index is 15.7. The summed E-state index contributed by atoms with van der Waals surface area (Å²) in [6.45, 7) is 11.1. The monoisotopic (exact) mass is 935 g/mol. The van der Waals surface area contributed by atoms with Crippen LogP contribution in [0.15, 0.2) is 114 Å². The Kier molecular flexibility index (Phi) is 13.7. The molecule has 1 heterocycles. The highest BCUT2D eigenvalue weighted by Crippen LogP contribution is 2.64. The lowest BCUT2D eigenvalue weighted by Gasteiger charge is -2.67. The molecule has 1 saturated heterocycles. The molecule has 3 N–H and O–H groups in total. The lowest BCUT2D eigenvalue weighted by atomic mass is 9.44. The maximum Gasteiger partial charge on any atom is 0.350 e. The van der Waals surface area contributed by atoms with Crippen LogP contribution in [0.5, 0.6) is 0 Å². The molecule has 0 radical (unpaired) electrons. The Hall–Kier alpha value is -6.49. The van der Waals surface area contributed by atoms with Crippen molar-refractivity contribution in [2.75, 3.05) is 6.61 Å². The van der Waals surface area contributed by atoms with Gasteiger partial charge in [0, 0.05) is 37.7 Å². The van der Waals surface area contributed by atoms with Crippen molar-refractivity contribution in [3.63, 3.8) is 0 Å². The molecule has 16 nitrogen and oxygen atoms in total. The second kappa shape index (κ2) is 18.9. The van der Waals surface area contributed by atoms with Crippen LogP contribution in [0.4, 0.5) is 0 Å². The fourth-order valence-corrected chi connectivity index (χ4v) is 10.6. The smallest absolute Gasteiger partial charge is 0.350 e. The van der Waals surface area contributed by atoms with E-state index in [-0.39, 0.29) is 40.9 Å². The van der Waals surface area contributed by atoms with Crippen molar-refractivity contribution in [2.45, 2.75) is 122 Å². The minimum absolute atomic E-state index is 0.0279. The summed E-state index contributed by atoms with van der Waals surface area (Å²) in [6.07, 6.45) is -9.08. The van der Waals surface area contributed by atoms with Crippen LogP contribution in [-0.4, -0.2) is 106 Å². The molecular formula is C52H57NO15. The number of ketones is 1. The van der Waals surface area contributed by atoms with E-state index in [9.17, 15) is 34.2 Å². The maximum atomic E-state index is 15.7. The highest BCUT2D eigenvalue weighted by molar-refractivity contribution is 5.96. The molecule has 3 aromatic rings. The number of allylic oxidation sites excluding steroid dienone is 1. The van der Waals surface area contributed by atoms with E-state index in [1.165, 1.54) is 38.1 Å². The Morgan fingerprint density at radius 2 is 1.38 bits per heavy atom. The zero-order valence-electron chi connectivity index (χ0n) is 39.2. The first-order chi connectivity index (χ1) is 32.1. The molecule has 3 fully saturated rings. The van der Waals surface area contributed by atoms with Crippen LogP contribution in [0.25, 0.3) is 0 Å². The van der Waals surface area contributed by atoms with Crippen molar-refractivity contribution >= 4 is 41.5 Å². The number of amides is 1. The second-order valence-corrected chi connectivity index (χ2v) is 18.7. The van der Waals surface area contributed by atoms with Gasteiger partial charge in [0.2, 0.25) is 12.0 Å². The third-order valence-electron chi connectivity index (χ3n) is 14.5. The number of benzene rings is 3. The number of aliphatic hydroxyl groups is 2. The van der Waals surface area contributed by atoms with E-state index in [1.54, 1.807) is 101 Å². The van der Waals surface area contributed by atoms with Crippen molar-refractivity contribution in [2.24, 2.45) is 16.7 Å². The molecule has 11 atom stereocenters. The van der Waals surface area contributed by atoms with Crippen LogP contribution >= 0.6 is 0 Å². The lowest BCUT2D eigenvalue weighted by molar-refractivity contribution is -0.346. The predicted molar refractivity (Wildman–Crippen MR) is 241 cm³/mol. The third kappa shape index (κ3) is 8.53. The molecule has 7 rings (SSSR count). The Bertz CT molecular complexity index is 2540. The molecule has 0 spiro atoms. The lowest BCUT2D eigenvalue weighted by Crippen LogP contribution is -2.82. The number of carbonyl (C=O) groups is 7. The molecule has 2 bridgehead atoms. The number of rotatable bonds is 12. The van der Waals surface area contributed by atoms with Gasteiger partial charge in [0.05, 0.1) is 35.2 Å². The van der Waals surface area contributed by atoms with Crippen molar-refractivity contribution in [3.05, 3.63) is 130 Å². The number of carbonyl (C=O) groups excluding carboxylic acids is 7. The van der Waals surface area contributed by atoms with Crippen LogP contribution in [0, 0.1) is 16.7 Å². The van der Waals surface area contributed by atoms with E-state index in [0.29, 0.717) is 5.56 Å². The Morgan fingerprint density at radius 3 is 1.91 bits per heavy atom. The number of hydrogen-bond donors (Lipinski definition) is 3. The molecule has 3 aromatic carbocycles. The quantitative estimate of drug-likeness (QED) is 0.0912. The summed E-state index contributed by atoms with van der Waals surface area (Å²) in [5, 5.41) is 28.9. The Balaban J connectivity index is 1.44. The Labute approximate surface area is 394 Å². The summed E-state index contributed by atoms with van der Waals surface area (Å²) in [6, 6.07) is 22.6. The minimum atomic E-state index is -2.45. The van der Waals surface area contributed by atoms with E-state index >= 15 is 9.59 Å². The normalized spacial score (nSPS) is 30.3. The van der Waals surface area contributed by atoms with Gasteiger partial charge in [-0.2, -0.15) is 0 Å². The highest BCUT2D eigenvalue weighted by Gasteiger charge is 2.78. The van der Waals surface area contributed by atoms with Crippen LogP contribution in [0.1, 0.15) is 101 Å². The fourth-order valence-electron chi connectivity index (χ4n) is 10.6. The van der Waals surface area contributed by atoms with Gasteiger partial charge in [-0.15, -0.1) is 0 Å². The molecule has 2 saturated carbocycles. The molecule has 4 aliphatic rings. The summed E-state index contributed by atoms with van der Waals surface area (Å²) in [4.78, 5) is 99.0. The molecule has 360 valence electrons. The SMILES string of the molecule is C/C=C(\C)C(=O)N[C@@H](c1ccccc1)[C@@H](OC(=O)c1ccccc1)C(=O)O[C@H]1C[C@@]2(O)C(OC(=O)c3ccccc3)C3[C@@]4(OC(C)=O)CO[C@@H]4C[C@H](O)[C@@]3(C)C(=O)[C@H](OC(C)=O)C(=C1C)C2(C)C. The van der Waals surface area contributed by atoms with Crippen LogP contribution < -0.4 is 5.32 Å². The molecule has 2 unspecified atom stereocenters. The summed E-state index contributed by atoms with van der Waals surface area (Å²) >= 11 is 0. The molecular weight excluding hydrogens is 879 g/mol. The fraction of sp³-hybridized carbons (Fsp3) is 0.442. The predicted octanol–water partition coefficient (Wildman–Crippen LogP) is 5.25. The standard InChI is InChI=1S/C52H57NO15/c1-9-28(2)45(58)53-39(32-19-13-10-14-20-32)41(66-46(59)33-21-15-11-16-22-33)48(61)65-35-26-52(62)44(67-47(60)34-23-17-12-18-24-34)42-50(8,36(56)25-37-51(42,27-63-37)68-31(5)55)43(57)40(64-30(4)54)38(29(35)3)49(52,6)7/h9-24,35-37,39-42,44,56,62H,25-27H2,1-8H3,(H,53,58)/b28-9+/t35-,36-,37+,39-,40+,41+,42?,44?,50+,51+,52+/m0/s1. The van der Waals surface area contributed by atoms with E-state index in [1.807, 2.05) is 0 Å². The number of hydrogen-bond acceptors (Lipinski definition) is 15. The van der Waals surface area contributed by atoms with Gasteiger partial charge in [0.25, 0.3) is 0 Å². The molecule has 0 aromatic heterocycles. The first-order valence-corrected chi connectivity index (χ1v) is 22.5. The van der Waals surface area contributed by atoms with Crippen molar-refractivity contribution < 1.29 is 72.2 Å². The summed E-state index contributed by atoms with van der Waals surface area (Å²) < 4.78 is 36.8. The zero-order valence-corrected chi connectivity index (χ0v) is 39.2. The summed E-state index contributed by atoms with van der Waals surface area (Å²) in [5.41, 5.74) is -7.16. The summed E-state index contributed by atoms with van der Waals surface area (Å²) in [7, 11) is 0. The molecule has 3 aliphatic carbocycles. The Morgan fingerprint density at radius 1 is 0.809 bits per heavy atom. The minimum Gasteiger partial charge on any atom is -0.455 e. The average Bonchev–Trinajstić information content (AvgIpc) is 3.31. The van der Waals surface area contributed by atoms with Gasteiger partial charge >= 0.3 is 29.8 Å². The largest absolute Gasteiger partial charge is 0.455 e. The van der Waals surface area contributed by atoms with E-state index in [2.05, 4.69) is 5.32 Å². The molecule has 16 heteroatoms. The van der Waals surface area contributed by atoms with Gasteiger partial charge in [-0.25, -0.2) is 14.4 Å². The highest BCUT2D eigenvalue weighted by atomic mass is 16.6. The molecule has 1 amide bonds. The average molecular weight is 936 g/mol. The van der Waals surface area contributed by atoms with Gasteiger partial charge in [0.1, 0.15) is 30.0 Å².